The van der Waals surface area contributed by atoms with Crippen molar-refractivity contribution in [2.45, 2.75) is 25.4 Å². The molecule has 7 heteroatoms. The predicted octanol–water partition coefficient (Wildman–Crippen LogP) is 3.17. The lowest BCUT2D eigenvalue weighted by Crippen LogP contribution is -2.38. The average molecular weight is 414 g/mol. The second kappa shape index (κ2) is 9.68. The number of ether oxygens (including phenoxy) is 2. The monoisotopic (exact) mass is 413 g/mol. The van der Waals surface area contributed by atoms with Crippen molar-refractivity contribution in [3.8, 4) is 0 Å². The van der Waals surface area contributed by atoms with E-state index in [2.05, 4.69) is 20.7 Å². The molecule has 1 aliphatic rings. The van der Waals surface area contributed by atoms with Gasteiger partial charge < -0.3 is 14.4 Å². The fraction of sp³-hybridized carbons (Fsp3) is 0.444. The lowest BCUT2D eigenvalue weighted by molar-refractivity contribution is -0.141. The van der Waals surface area contributed by atoms with Gasteiger partial charge in [0.25, 0.3) is 0 Å². The van der Waals surface area contributed by atoms with Gasteiger partial charge in [0.15, 0.2) is 0 Å². The van der Waals surface area contributed by atoms with Crippen LogP contribution in [0.5, 0.6) is 0 Å². The lowest BCUT2D eigenvalue weighted by Gasteiger charge is -2.24. The van der Waals surface area contributed by atoms with E-state index in [-0.39, 0.29) is 30.9 Å². The summed E-state index contributed by atoms with van der Waals surface area (Å²) in [4.78, 5) is 25.4. The Bertz CT molecular complexity index is 644. The Labute approximate surface area is 154 Å². The van der Waals surface area contributed by atoms with Crippen LogP contribution in [0.15, 0.2) is 28.7 Å². The molecule has 1 saturated heterocycles. The molecule has 1 fully saturated rings. The summed E-state index contributed by atoms with van der Waals surface area (Å²) in [6.07, 6.45) is 4.67. The summed E-state index contributed by atoms with van der Waals surface area (Å²) in [5.74, 6) is -1.08. The number of methoxy groups -OCH3 is 1. The maximum Gasteiger partial charge on any atom is 0.307 e. The zero-order chi connectivity index (χ0) is 18.2. The molecule has 1 aromatic carbocycles. The van der Waals surface area contributed by atoms with Crippen molar-refractivity contribution in [1.82, 2.24) is 4.90 Å². The molecular weight excluding hydrogens is 393 g/mol. The molecule has 0 saturated carbocycles. The van der Waals surface area contributed by atoms with Crippen molar-refractivity contribution in [2.24, 2.45) is 0 Å². The van der Waals surface area contributed by atoms with Crippen LogP contribution in [0.4, 0.5) is 4.39 Å². The molecule has 0 radical (unpaired) electrons. The van der Waals surface area contributed by atoms with E-state index < -0.39 is 5.82 Å². The number of halogens is 2. The summed E-state index contributed by atoms with van der Waals surface area (Å²) in [5, 5.41) is 0. The molecule has 1 unspecified atom stereocenters. The highest BCUT2D eigenvalue weighted by molar-refractivity contribution is 9.10. The Hall–Kier alpha value is -1.73. The minimum Gasteiger partial charge on any atom is -0.469 e. The lowest BCUT2D eigenvalue weighted by atomic mass is 10.2. The molecule has 2 rings (SSSR count). The first-order valence-corrected chi connectivity index (χ1v) is 8.89. The van der Waals surface area contributed by atoms with Gasteiger partial charge in [-0.3, -0.25) is 9.59 Å². The van der Waals surface area contributed by atoms with Gasteiger partial charge in [-0.05, 0) is 37.1 Å². The number of hydrogen-bond donors (Lipinski definition) is 0. The zero-order valence-corrected chi connectivity index (χ0v) is 15.6. The standard InChI is InChI=1S/C18H21BrFNO4/c1-24-18(23)8-9-21(12-15-3-2-10-25-15)17(22)7-4-13-11-14(19)5-6-16(13)20/h4-7,11,15H,2-3,8-10,12H2,1H3. The second-order valence-corrected chi connectivity index (χ2v) is 6.66. The zero-order valence-electron chi connectivity index (χ0n) is 14.0. The number of rotatable bonds is 7. The Balaban J connectivity index is 2.05. The number of carbonyl (C=O) groups excluding carboxylic acids is 2. The summed E-state index contributed by atoms with van der Waals surface area (Å²) in [6, 6.07) is 4.52. The second-order valence-electron chi connectivity index (χ2n) is 5.74. The topological polar surface area (TPSA) is 55.8 Å². The third-order valence-corrected chi connectivity index (χ3v) is 4.43. The van der Waals surface area contributed by atoms with E-state index in [1.165, 1.54) is 25.3 Å². The minimum atomic E-state index is -0.410. The van der Waals surface area contributed by atoms with E-state index in [9.17, 15) is 14.0 Å². The van der Waals surface area contributed by atoms with Gasteiger partial charge in [-0.2, -0.15) is 0 Å². The van der Waals surface area contributed by atoms with Crippen LogP contribution < -0.4 is 0 Å². The normalized spacial score (nSPS) is 17.0. The fourth-order valence-corrected chi connectivity index (χ4v) is 2.94. The van der Waals surface area contributed by atoms with E-state index in [1.54, 1.807) is 17.0 Å². The maximum absolute atomic E-state index is 13.8. The van der Waals surface area contributed by atoms with E-state index >= 15 is 0 Å². The Morgan fingerprint density at radius 3 is 2.96 bits per heavy atom. The summed E-state index contributed by atoms with van der Waals surface area (Å²) in [6.45, 7) is 1.32. The number of nitrogens with zero attached hydrogens (tertiary/aromatic N) is 1. The van der Waals surface area contributed by atoms with Crippen LogP contribution in [0.3, 0.4) is 0 Å². The van der Waals surface area contributed by atoms with Gasteiger partial charge >= 0.3 is 5.97 Å². The van der Waals surface area contributed by atoms with Crippen molar-refractivity contribution < 1.29 is 23.5 Å². The molecule has 0 bridgehead atoms. The smallest absolute Gasteiger partial charge is 0.307 e. The van der Waals surface area contributed by atoms with Crippen molar-refractivity contribution >= 4 is 33.9 Å². The molecule has 0 aliphatic carbocycles. The van der Waals surface area contributed by atoms with Crippen LogP contribution in [0.1, 0.15) is 24.8 Å². The fourth-order valence-electron chi connectivity index (χ4n) is 2.56. The van der Waals surface area contributed by atoms with Crippen LogP contribution >= 0.6 is 15.9 Å². The molecule has 25 heavy (non-hydrogen) atoms. The first-order valence-electron chi connectivity index (χ1n) is 8.10. The van der Waals surface area contributed by atoms with E-state index in [0.29, 0.717) is 18.7 Å². The van der Waals surface area contributed by atoms with E-state index in [4.69, 9.17) is 4.74 Å². The van der Waals surface area contributed by atoms with E-state index in [0.717, 1.165) is 17.3 Å². The van der Waals surface area contributed by atoms with Crippen molar-refractivity contribution in [1.29, 1.82) is 0 Å². The summed E-state index contributed by atoms with van der Waals surface area (Å²) >= 11 is 3.28. The molecule has 1 amide bonds. The molecule has 0 spiro atoms. The van der Waals surface area contributed by atoms with Crippen molar-refractivity contribution in [3.05, 3.63) is 40.1 Å². The van der Waals surface area contributed by atoms with Crippen LogP contribution in [0.2, 0.25) is 0 Å². The Kier molecular flexibility index (Phi) is 7.58. The van der Waals surface area contributed by atoms with Gasteiger partial charge in [-0.15, -0.1) is 0 Å². The van der Waals surface area contributed by atoms with Crippen molar-refractivity contribution in [3.63, 3.8) is 0 Å². The first-order chi connectivity index (χ1) is 12.0. The molecule has 136 valence electrons. The number of hydrogen-bond acceptors (Lipinski definition) is 4. The number of benzene rings is 1. The molecule has 1 aliphatic heterocycles. The molecule has 0 aromatic heterocycles. The van der Waals surface area contributed by atoms with Gasteiger partial charge in [0.1, 0.15) is 5.82 Å². The third kappa shape index (κ3) is 6.25. The summed E-state index contributed by atoms with van der Waals surface area (Å²) < 4.78 is 24.7. The Morgan fingerprint density at radius 2 is 2.28 bits per heavy atom. The molecule has 1 atom stereocenters. The summed E-state index contributed by atoms with van der Waals surface area (Å²) in [7, 11) is 1.31. The average Bonchev–Trinajstić information content (AvgIpc) is 3.11. The van der Waals surface area contributed by atoms with E-state index in [1.807, 2.05) is 0 Å². The predicted molar refractivity (Wildman–Crippen MR) is 95.3 cm³/mol. The highest BCUT2D eigenvalue weighted by Crippen LogP contribution is 2.18. The van der Waals surface area contributed by atoms with Crippen molar-refractivity contribution in [2.75, 3.05) is 26.8 Å². The number of amides is 1. The van der Waals surface area contributed by atoms with Crippen LogP contribution in [0, 0.1) is 5.82 Å². The van der Waals surface area contributed by atoms with Crippen LogP contribution in [0.25, 0.3) is 6.08 Å². The molecule has 0 N–H and O–H groups in total. The van der Waals surface area contributed by atoms with Gasteiger partial charge in [0, 0.05) is 35.8 Å². The van der Waals surface area contributed by atoms with Gasteiger partial charge in [-0.25, -0.2) is 4.39 Å². The van der Waals surface area contributed by atoms with Crippen LogP contribution in [-0.2, 0) is 19.1 Å². The molecule has 5 nitrogen and oxygen atoms in total. The van der Waals surface area contributed by atoms with Gasteiger partial charge in [-0.1, -0.05) is 15.9 Å². The quantitative estimate of drug-likeness (QED) is 0.508. The largest absolute Gasteiger partial charge is 0.469 e. The first kappa shape index (κ1) is 19.6. The minimum absolute atomic E-state index is 0.0300. The number of esters is 1. The van der Waals surface area contributed by atoms with Gasteiger partial charge in [0.2, 0.25) is 5.91 Å². The van der Waals surface area contributed by atoms with Gasteiger partial charge in [0.05, 0.1) is 19.6 Å². The molecule has 1 heterocycles. The van der Waals surface area contributed by atoms with Crippen LogP contribution in [-0.4, -0.2) is 49.7 Å². The third-order valence-electron chi connectivity index (χ3n) is 3.94. The Morgan fingerprint density at radius 1 is 1.48 bits per heavy atom. The SMILES string of the molecule is COC(=O)CCN(CC1CCCO1)C(=O)C=Cc1cc(Br)ccc1F. The number of carbonyl (C=O) groups is 2. The maximum atomic E-state index is 13.8. The highest BCUT2D eigenvalue weighted by atomic mass is 79.9. The summed E-state index contributed by atoms with van der Waals surface area (Å²) in [5.41, 5.74) is 0.313. The highest BCUT2D eigenvalue weighted by Gasteiger charge is 2.22. The molecular formula is C18H21BrFNO4. The molecule has 1 aromatic rings.